The van der Waals surface area contributed by atoms with Gasteiger partial charge in [-0.2, -0.15) is 4.98 Å². The van der Waals surface area contributed by atoms with Crippen LogP contribution >= 0.6 is 0 Å². The van der Waals surface area contributed by atoms with Gasteiger partial charge in [0.2, 0.25) is 5.95 Å². The lowest BCUT2D eigenvalue weighted by molar-refractivity contribution is 0.966. The van der Waals surface area contributed by atoms with Gasteiger partial charge in [0.15, 0.2) is 0 Å². The number of nitrogen functional groups attached to an aromatic ring is 1. The monoisotopic (exact) mass is 308 g/mol. The van der Waals surface area contributed by atoms with Crippen LogP contribution in [0.1, 0.15) is 16.8 Å². The lowest BCUT2D eigenvalue weighted by Gasteiger charge is -2.11. The maximum atomic E-state index is 5.87. The zero-order chi connectivity index (χ0) is 16.2. The van der Waals surface area contributed by atoms with Gasteiger partial charge in [-0.15, -0.1) is 0 Å². The summed E-state index contributed by atoms with van der Waals surface area (Å²) in [5.74, 6) is 1.00. The van der Waals surface area contributed by atoms with E-state index < -0.39 is 0 Å². The summed E-state index contributed by atoms with van der Waals surface area (Å²) < 4.78 is 0. The second-order valence-electron chi connectivity index (χ2n) is 5.50. The number of nitrogens with one attached hydrogen (secondary N) is 2. The van der Waals surface area contributed by atoms with Crippen LogP contribution in [-0.4, -0.2) is 26.5 Å². The Morgan fingerprint density at radius 2 is 2.09 bits per heavy atom. The van der Waals surface area contributed by atoms with Crippen molar-refractivity contribution >= 4 is 11.8 Å². The van der Waals surface area contributed by atoms with E-state index >= 15 is 0 Å². The predicted octanol–water partition coefficient (Wildman–Crippen LogP) is 2.72. The molecule has 6 nitrogen and oxygen atoms in total. The third kappa shape index (κ3) is 3.48. The number of nitrogens with two attached hydrogens (primary N) is 1. The minimum atomic E-state index is 0.271. The van der Waals surface area contributed by atoms with Gasteiger partial charge < -0.3 is 16.0 Å². The average Bonchev–Trinajstić information content (AvgIpc) is 3.03. The molecule has 0 aliphatic heterocycles. The van der Waals surface area contributed by atoms with Crippen LogP contribution in [0.15, 0.2) is 36.8 Å². The molecule has 3 aromatic rings. The Balaban J connectivity index is 1.80. The van der Waals surface area contributed by atoms with Crippen LogP contribution in [0, 0.1) is 13.8 Å². The minimum Gasteiger partial charge on any atom is -0.369 e. The van der Waals surface area contributed by atoms with Gasteiger partial charge in [0.25, 0.3) is 0 Å². The molecule has 4 N–H and O–H groups in total. The maximum absolute atomic E-state index is 5.87. The molecule has 0 bridgehead atoms. The fourth-order valence-corrected chi connectivity index (χ4v) is 2.47. The first-order valence-corrected chi connectivity index (χ1v) is 7.56. The van der Waals surface area contributed by atoms with E-state index in [2.05, 4.69) is 51.2 Å². The molecule has 2 heterocycles. The predicted molar refractivity (Wildman–Crippen MR) is 92.1 cm³/mol. The summed E-state index contributed by atoms with van der Waals surface area (Å²) in [6.07, 6.45) is 4.33. The Labute approximate surface area is 135 Å². The van der Waals surface area contributed by atoms with E-state index in [9.17, 15) is 0 Å². The van der Waals surface area contributed by atoms with Gasteiger partial charge in [-0.1, -0.05) is 18.2 Å². The number of H-pyrrole nitrogens is 1. The van der Waals surface area contributed by atoms with E-state index in [-0.39, 0.29) is 5.95 Å². The molecule has 0 aliphatic rings. The summed E-state index contributed by atoms with van der Waals surface area (Å²) in [6.45, 7) is 4.92. The highest BCUT2D eigenvalue weighted by atomic mass is 15.1. The molecule has 0 spiro atoms. The Morgan fingerprint density at radius 1 is 1.22 bits per heavy atom. The zero-order valence-electron chi connectivity index (χ0n) is 13.3. The molecule has 3 rings (SSSR count). The minimum absolute atomic E-state index is 0.271. The molecule has 0 unspecified atom stereocenters. The SMILES string of the molecule is Cc1cccc(-c2cc(NCCc3cnc[nH]3)nc(N)n2)c1C. The maximum Gasteiger partial charge on any atom is 0.222 e. The van der Waals surface area contributed by atoms with E-state index in [1.807, 2.05) is 18.3 Å². The molecular formula is C17H20N6. The van der Waals surface area contributed by atoms with Gasteiger partial charge >= 0.3 is 0 Å². The number of anilines is 2. The first-order valence-electron chi connectivity index (χ1n) is 7.56. The van der Waals surface area contributed by atoms with Crippen molar-refractivity contribution in [3.05, 3.63) is 53.6 Å². The first-order chi connectivity index (χ1) is 11.1. The smallest absolute Gasteiger partial charge is 0.222 e. The Kier molecular flexibility index (Phi) is 4.23. The number of nitrogens with zero attached hydrogens (tertiary/aromatic N) is 3. The lowest BCUT2D eigenvalue weighted by atomic mass is 10.0. The highest BCUT2D eigenvalue weighted by molar-refractivity contribution is 5.68. The Hall–Kier alpha value is -2.89. The van der Waals surface area contributed by atoms with Crippen LogP contribution in [0.3, 0.4) is 0 Å². The molecular weight excluding hydrogens is 288 g/mol. The van der Waals surface area contributed by atoms with Crippen LogP contribution < -0.4 is 11.1 Å². The second kappa shape index (κ2) is 6.48. The molecule has 2 aromatic heterocycles. The molecule has 0 saturated heterocycles. The number of imidazole rings is 1. The summed E-state index contributed by atoms with van der Waals surface area (Å²) in [5.41, 5.74) is 11.3. The summed E-state index contributed by atoms with van der Waals surface area (Å²) in [5, 5.41) is 3.29. The highest BCUT2D eigenvalue weighted by Gasteiger charge is 2.08. The second-order valence-corrected chi connectivity index (χ2v) is 5.50. The quantitative estimate of drug-likeness (QED) is 0.674. The van der Waals surface area contributed by atoms with Crippen LogP contribution in [0.4, 0.5) is 11.8 Å². The van der Waals surface area contributed by atoms with Gasteiger partial charge in [0.05, 0.1) is 12.0 Å². The van der Waals surface area contributed by atoms with Crippen LogP contribution in [0.25, 0.3) is 11.3 Å². The molecule has 0 atom stereocenters. The Morgan fingerprint density at radius 3 is 2.87 bits per heavy atom. The molecule has 23 heavy (non-hydrogen) atoms. The lowest BCUT2D eigenvalue weighted by Crippen LogP contribution is -2.09. The zero-order valence-corrected chi connectivity index (χ0v) is 13.3. The van der Waals surface area contributed by atoms with Crippen molar-refractivity contribution in [1.82, 2.24) is 19.9 Å². The molecule has 118 valence electrons. The number of aromatic amines is 1. The third-order valence-electron chi connectivity index (χ3n) is 3.88. The molecule has 0 aliphatic carbocycles. The van der Waals surface area contributed by atoms with Gasteiger partial charge in [-0.05, 0) is 25.0 Å². The van der Waals surface area contributed by atoms with Crippen LogP contribution in [0.2, 0.25) is 0 Å². The van der Waals surface area contributed by atoms with Crippen molar-refractivity contribution in [3.8, 4) is 11.3 Å². The topological polar surface area (TPSA) is 92.5 Å². The van der Waals surface area contributed by atoms with E-state index in [0.29, 0.717) is 0 Å². The van der Waals surface area contributed by atoms with Crippen molar-refractivity contribution in [3.63, 3.8) is 0 Å². The molecule has 0 saturated carbocycles. The normalized spacial score (nSPS) is 10.7. The molecule has 0 amide bonds. The van der Waals surface area contributed by atoms with Crippen molar-refractivity contribution in [2.24, 2.45) is 0 Å². The summed E-state index contributed by atoms with van der Waals surface area (Å²) in [7, 11) is 0. The average molecular weight is 308 g/mol. The van der Waals surface area contributed by atoms with E-state index in [0.717, 1.165) is 35.7 Å². The fourth-order valence-electron chi connectivity index (χ4n) is 2.47. The van der Waals surface area contributed by atoms with Crippen LogP contribution in [0.5, 0.6) is 0 Å². The number of benzene rings is 1. The summed E-state index contributed by atoms with van der Waals surface area (Å²) in [4.78, 5) is 15.7. The largest absolute Gasteiger partial charge is 0.369 e. The third-order valence-corrected chi connectivity index (χ3v) is 3.88. The molecule has 0 fully saturated rings. The van der Waals surface area contributed by atoms with Gasteiger partial charge in [0.1, 0.15) is 5.82 Å². The van der Waals surface area contributed by atoms with E-state index in [4.69, 9.17) is 5.73 Å². The number of rotatable bonds is 5. The van der Waals surface area contributed by atoms with E-state index in [1.54, 1.807) is 6.33 Å². The molecule has 1 aromatic carbocycles. The van der Waals surface area contributed by atoms with Crippen LogP contribution in [-0.2, 0) is 6.42 Å². The number of aryl methyl sites for hydroxylation is 1. The number of hydrogen-bond donors (Lipinski definition) is 3. The molecule has 0 radical (unpaired) electrons. The fraction of sp³-hybridized carbons (Fsp3) is 0.235. The molecule has 6 heteroatoms. The van der Waals surface area contributed by atoms with Crippen molar-refractivity contribution in [2.45, 2.75) is 20.3 Å². The Bertz CT molecular complexity index is 795. The van der Waals surface area contributed by atoms with Crippen molar-refractivity contribution in [2.75, 3.05) is 17.6 Å². The van der Waals surface area contributed by atoms with E-state index in [1.165, 1.54) is 11.1 Å². The number of hydrogen-bond acceptors (Lipinski definition) is 5. The van der Waals surface area contributed by atoms with Gasteiger partial charge in [0, 0.05) is 36.5 Å². The van der Waals surface area contributed by atoms with Crippen molar-refractivity contribution < 1.29 is 0 Å². The first kappa shape index (κ1) is 15.0. The van der Waals surface area contributed by atoms with Gasteiger partial charge in [-0.25, -0.2) is 9.97 Å². The summed E-state index contributed by atoms with van der Waals surface area (Å²) in [6, 6.07) is 8.11. The van der Waals surface area contributed by atoms with Crippen molar-refractivity contribution in [1.29, 1.82) is 0 Å². The van der Waals surface area contributed by atoms with Gasteiger partial charge in [-0.3, -0.25) is 0 Å². The highest BCUT2D eigenvalue weighted by Crippen LogP contribution is 2.25. The summed E-state index contributed by atoms with van der Waals surface area (Å²) >= 11 is 0. The standard InChI is InChI=1S/C17H20N6/c1-11-4-3-5-14(12(11)2)15-8-16(23-17(18)22-15)20-7-6-13-9-19-10-21-13/h3-5,8-10H,6-7H2,1-2H3,(H,19,21)(H3,18,20,22,23). The number of aromatic nitrogens is 4.